The van der Waals surface area contributed by atoms with Crippen molar-refractivity contribution in [3.63, 3.8) is 0 Å². The van der Waals surface area contributed by atoms with E-state index in [1.54, 1.807) is 11.5 Å². The smallest absolute Gasteiger partial charge is 0.223 e. The van der Waals surface area contributed by atoms with E-state index in [1.807, 2.05) is 0 Å². The predicted molar refractivity (Wildman–Crippen MR) is 120 cm³/mol. The minimum absolute atomic E-state index is 0.422. The second kappa shape index (κ2) is 8.60. The SMILES string of the molecule is O=C1CC2CCCCC2N1CCCCN1CCN(c2nsc3ccccc23)CC1. The summed E-state index contributed by atoms with van der Waals surface area (Å²) >= 11 is 1.61. The monoisotopic (exact) mass is 412 g/mol. The molecule has 1 aliphatic carbocycles. The third-order valence-corrected chi connectivity index (χ3v) is 8.00. The number of hydrogen-bond acceptors (Lipinski definition) is 5. The number of unbranched alkanes of at least 4 members (excludes halogenated alkanes) is 1. The van der Waals surface area contributed by atoms with Gasteiger partial charge in [0.05, 0.1) is 4.70 Å². The predicted octanol–water partition coefficient (Wildman–Crippen LogP) is 3.99. The van der Waals surface area contributed by atoms with Gasteiger partial charge in [-0.2, -0.15) is 4.37 Å². The van der Waals surface area contributed by atoms with Gasteiger partial charge in [0.15, 0.2) is 0 Å². The van der Waals surface area contributed by atoms with Crippen LogP contribution >= 0.6 is 11.5 Å². The fraction of sp³-hybridized carbons (Fsp3) is 0.652. The number of likely N-dealkylation sites (tertiary alicyclic amines) is 1. The number of benzene rings is 1. The summed E-state index contributed by atoms with van der Waals surface area (Å²) < 4.78 is 5.99. The lowest BCUT2D eigenvalue weighted by Crippen LogP contribution is -2.47. The number of carbonyl (C=O) groups excluding carboxylic acids is 1. The number of anilines is 1. The molecule has 2 saturated heterocycles. The molecule has 29 heavy (non-hydrogen) atoms. The number of hydrogen-bond donors (Lipinski definition) is 0. The molecule has 3 heterocycles. The van der Waals surface area contributed by atoms with E-state index in [9.17, 15) is 4.79 Å². The molecule has 1 aromatic carbocycles. The molecule has 0 spiro atoms. The molecule has 1 saturated carbocycles. The van der Waals surface area contributed by atoms with Crippen LogP contribution in [0.2, 0.25) is 0 Å². The Morgan fingerprint density at radius 3 is 2.69 bits per heavy atom. The highest BCUT2D eigenvalue weighted by Gasteiger charge is 2.40. The number of aromatic nitrogens is 1. The third kappa shape index (κ3) is 4.02. The maximum Gasteiger partial charge on any atom is 0.223 e. The van der Waals surface area contributed by atoms with Gasteiger partial charge in [-0.15, -0.1) is 0 Å². The molecule has 2 unspecified atom stereocenters. The van der Waals surface area contributed by atoms with Crippen molar-refractivity contribution in [2.75, 3.05) is 44.2 Å². The van der Waals surface area contributed by atoms with E-state index in [2.05, 4.69) is 39.0 Å². The summed E-state index contributed by atoms with van der Waals surface area (Å²) in [5, 5.41) is 1.29. The fourth-order valence-electron chi connectivity index (χ4n) is 5.56. The summed E-state index contributed by atoms with van der Waals surface area (Å²) in [5.41, 5.74) is 0. The highest BCUT2D eigenvalue weighted by Crippen LogP contribution is 2.37. The van der Waals surface area contributed by atoms with Crippen LogP contribution in [0.3, 0.4) is 0 Å². The van der Waals surface area contributed by atoms with E-state index in [4.69, 9.17) is 4.37 Å². The molecular weight excluding hydrogens is 380 g/mol. The normalized spacial score (nSPS) is 25.7. The number of amides is 1. The van der Waals surface area contributed by atoms with Gasteiger partial charge in [-0.3, -0.25) is 9.69 Å². The Morgan fingerprint density at radius 2 is 1.79 bits per heavy atom. The van der Waals surface area contributed by atoms with Crippen molar-refractivity contribution in [1.29, 1.82) is 0 Å². The minimum Gasteiger partial charge on any atom is -0.353 e. The topological polar surface area (TPSA) is 39.7 Å². The lowest BCUT2D eigenvalue weighted by atomic mass is 9.85. The molecule has 1 aromatic heterocycles. The van der Waals surface area contributed by atoms with Crippen LogP contribution in [0, 0.1) is 5.92 Å². The van der Waals surface area contributed by atoms with E-state index in [0.717, 1.165) is 52.1 Å². The van der Waals surface area contributed by atoms with Crippen LogP contribution in [-0.4, -0.2) is 65.4 Å². The Labute approximate surface area is 177 Å². The van der Waals surface area contributed by atoms with Crippen LogP contribution in [0.4, 0.5) is 5.82 Å². The van der Waals surface area contributed by atoms with E-state index in [-0.39, 0.29) is 0 Å². The Morgan fingerprint density at radius 1 is 1.00 bits per heavy atom. The zero-order chi connectivity index (χ0) is 19.6. The molecule has 5 nitrogen and oxygen atoms in total. The Bertz CT molecular complexity index is 844. The van der Waals surface area contributed by atoms with Crippen LogP contribution < -0.4 is 4.90 Å². The van der Waals surface area contributed by atoms with E-state index in [1.165, 1.54) is 48.0 Å². The van der Waals surface area contributed by atoms with Crippen molar-refractivity contribution in [2.24, 2.45) is 5.92 Å². The zero-order valence-electron chi connectivity index (χ0n) is 17.3. The molecule has 0 radical (unpaired) electrons. The molecule has 1 amide bonds. The van der Waals surface area contributed by atoms with Gasteiger partial charge in [-0.05, 0) is 61.8 Å². The summed E-state index contributed by atoms with van der Waals surface area (Å²) in [7, 11) is 0. The van der Waals surface area contributed by atoms with Gasteiger partial charge in [0.2, 0.25) is 5.91 Å². The van der Waals surface area contributed by atoms with Crippen LogP contribution in [0.15, 0.2) is 24.3 Å². The summed E-state index contributed by atoms with van der Waals surface area (Å²) in [4.78, 5) is 19.6. The van der Waals surface area contributed by atoms with Crippen molar-refractivity contribution >= 4 is 33.3 Å². The maximum atomic E-state index is 12.4. The summed E-state index contributed by atoms with van der Waals surface area (Å²) in [6.45, 7) is 6.47. The van der Waals surface area contributed by atoms with Gasteiger partial charge in [-0.1, -0.05) is 25.0 Å². The largest absolute Gasteiger partial charge is 0.353 e. The second-order valence-electron chi connectivity index (χ2n) is 8.94. The lowest BCUT2D eigenvalue weighted by molar-refractivity contribution is -0.129. The van der Waals surface area contributed by atoms with Crippen LogP contribution in [0.1, 0.15) is 44.9 Å². The van der Waals surface area contributed by atoms with Crippen LogP contribution in [0.25, 0.3) is 10.1 Å². The first-order valence-corrected chi connectivity index (χ1v) is 12.2. The number of nitrogens with zero attached hydrogens (tertiary/aromatic N) is 4. The zero-order valence-corrected chi connectivity index (χ0v) is 18.1. The first kappa shape index (κ1) is 19.3. The number of fused-ring (bicyclic) bond motifs is 2. The molecule has 0 bridgehead atoms. The Balaban J connectivity index is 1.06. The summed E-state index contributed by atoms with van der Waals surface area (Å²) in [6.07, 6.45) is 8.30. The van der Waals surface area contributed by atoms with Gasteiger partial charge in [0, 0.05) is 50.6 Å². The molecule has 156 valence electrons. The van der Waals surface area contributed by atoms with Crippen molar-refractivity contribution in [3.05, 3.63) is 24.3 Å². The summed E-state index contributed by atoms with van der Waals surface area (Å²) in [6, 6.07) is 9.11. The molecule has 2 atom stereocenters. The van der Waals surface area contributed by atoms with Gasteiger partial charge < -0.3 is 9.80 Å². The van der Waals surface area contributed by atoms with E-state index >= 15 is 0 Å². The minimum atomic E-state index is 0.422. The van der Waals surface area contributed by atoms with Gasteiger partial charge in [-0.25, -0.2) is 0 Å². The quantitative estimate of drug-likeness (QED) is 0.673. The highest BCUT2D eigenvalue weighted by atomic mass is 32.1. The molecule has 3 aliphatic rings. The van der Waals surface area contributed by atoms with Gasteiger partial charge in [0.25, 0.3) is 0 Å². The number of carbonyl (C=O) groups is 1. The molecule has 6 heteroatoms. The van der Waals surface area contributed by atoms with Crippen molar-refractivity contribution in [2.45, 2.75) is 51.0 Å². The third-order valence-electron chi connectivity index (χ3n) is 7.18. The summed E-state index contributed by atoms with van der Waals surface area (Å²) in [5.74, 6) is 2.25. The number of rotatable bonds is 6. The second-order valence-corrected chi connectivity index (χ2v) is 9.75. The Kier molecular flexibility index (Phi) is 5.73. The molecule has 2 aliphatic heterocycles. The van der Waals surface area contributed by atoms with Crippen molar-refractivity contribution in [3.8, 4) is 0 Å². The highest BCUT2D eigenvalue weighted by molar-refractivity contribution is 7.13. The number of piperazine rings is 1. The van der Waals surface area contributed by atoms with Gasteiger partial charge in [0.1, 0.15) is 5.82 Å². The molecule has 3 fully saturated rings. The molecule has 2 aromatic rings. The Hall–Kier alpha value is -1.66. The molecule has 5 rings (SSSR count). The first-order valence-electron chi connectivity index (χ1n) is 11.4. The average Bonchev–Trinajstić information content (AvgIpc) is 3.32. The molecule has 0 N–H and O–H groups in total. The lowest BCUT2D eigenvalue weighted by Gasteiger charge is -2.35. The fourth-order valence-corrected chi connectivity index (χ4v) is 6.35. The average molecular weight is 413 g/mol. The maximum absolute atomic E-state index is 12.4. The van der Waals surface area contributed by atoms with E-state index < -0.39 is 0 Å². The molecular formula is C23H32N4OS. The standard InChI is InChI=1S/C23H32N4OS/c28-22-17-18-7-1-3-9-20(18)27(22)12-6-5-11-25-13-15-26(16-14-25)23-19-8-2-4-10-21(19)29-24-23/h2,4,8,10,18,20H,1,3,5-7,9,11-17H2. The van der Waals surface area contributed by atoms with E-state index in [0.29, 0.717) is 17.9 Å². The van der Waals surface area contributed by atoms with Crippen molar-refractivity contribution < 1.29 is 4.79 Å². The van der Waals surface area contributed by atoms with Crippen LogP contribution in [0.5, 0.6) is 0 Å². The first-order chi connectivity index (χ1) is 14.3. The van der Waals surface area contributed by atoms with Crippen molar-refractivity contribution in [1.82, 2.24) is 14.2 Å². The van der Waals surface area contributed by atoms with Crippen LogP contribution in [-0.2, 0) is 4.79 Å². The van der Waals surface area contributed by atoms with Gasteiger partial charge >= 0.3 is 0 Å².